The summed E-state index contributed by atoms with van der Waals surface area (Å²) in [7, 11) is 0. The molecular weight excluding hydrogens is 865 g/mol. The second kappa shape index (κ2) is 19.2. The van der Waals surface area contributed by atoms with Gasteiger partial charge in [0.2, 0.25) is 0 Å². The van der Waals surface area contributed by atoms with Crippen LogP contribution in [-0.4, -0.2) is 191 Å². The van der Waals surface area contributed by atoms with Crippen LogP contribution in [0.1, 0.15) is 114 Å². The first kappa shape index (κ1) is 52.8. The molecule has 26 atom stereocenters. The number of allylic oxidation sites excluding steroid dienone is 2. The average molecular weight is 947 g/mol. The van der Waals surface area contributed by atoms with Crippen molar-refractivity contribution in [3.63, 3.8) is 0 Å². The zero-order chi connectivity index (χ0) is 48.8. The molecule has 382 valence electrons. The summed E-state index contributed by atoms with van der Waals surface area (Å²) in [5.74, 6) is -0.534. The van der Waals surface area contributed by atoms with E-state index >= 15 is 0 Å². The van der Waals surface area contributed by atoms with E-state index in [0.717, 1.165) is 24.8 Å². The maximum Gasteiger partial charge on any atom is 0.187 e. The fourth-order valence-electron chi connectivity index (χ4n) is 14.9. The average Bonchev–Trinajstić information content (AvgIpc) is 3.64. The molecule has 0 spiro atoms. The molecule has 0 radical (unpaired) electrons. The van der Waals surface area contributed by atoms with E-state index in [9.17, 15) is 61.3 Å². The number of hydrogen-bond donors (Lipinski definition) is 12. The lowest BCUT2D eigenvalue weighted by Crippen LogP contribution is -2.69. The third kappa shape index (κ3) is 8.79. The van der Waals surface area contributed by atoms with Crippen LogP contribution in [0.15, 0.2) is 11.6 Å². The molecule has 3 saturated heterocycles. The predicted molar refractivity (Wildman–Crippen MR) is 234 cm³/mol. The molecule has 18 heteroatoms. The summed E-state index contributed by atoms with van der Waals surface area (Å²) in [5.41, 5.74) is -1.80. The highest BCUT2D eigenvalue weighted by Gasteiger charge is 2.73. The van der Waals surface area contributed by atoms with Crippen LogP contribution < -0.4 is 0 Å². The van der Waals surface area contributed by atoms with Crippen LogP contribution in [0.25, 0.3) is 0 Å². The Morgan fingerprint density at radius 1 is 0.667 bits per heavy atom. The van der Waals surface area contributed by atoms with Crippen LogP contribution in [0.5, 0.6) is 0 Å². The normalized spacial score (nSPS) is 53.5. The Morgan fingerprint density at radius 2 is 1.24 bits per heavy atom. The second-order valence-electron chi connectivity index (χ2n) is 23.1. The van der Waals surface area contributed by atoms with Crippen LogP contribution in [-0.2, 0) is 28.4 Å². The van der Waals surface area contributed by atoms with Gasteiger partial charge in [0.05, 0.1) is 43.2 Å². The summed E-state index contributed by atoms with van der Waals surface area (Å²) in [6.07, 6.45) is -17.4. The van der Waals surface area contributed by atoms with E-state index in [2.05, 4.69) is 26.8 Å². The van der Waals surface area contributed by atoms with Gasteiger partial charge in [-0.2, -0.15) is 0 Å². The SMILES string of the molecule is CC(C)=CCCC(C)(OC1OC(COC2OC(C)C(O)C(O)C2O)C(O)C(O)C1O)C1CCC2(C)C1C(O)CC1C3(C)CC(O)C(OC4OC(CO)C(O)C(O)C4O)C(C)(C)C3CCC12C. The minimum Gasteiger partial charge on any atom is -0.394 e. The Kier molecular flexibility index (Phi) is 15.4. The first-order valence-corrected chi connectivity index (χ1v) is 24.3. The zero-order valence-corrected chi connectivity index (χ0v) is 40.2. The first-order chi connectivity index (χ1) is 30.7. The standard InChI is InChI=1S/C48H82O18/c1-21(2)11-10-14-48(9,66-43-39(60)36(57)33(54)27(64-43)20-61-41-37(58)34(55)31(52)22(3)62-41)23-12-15-47(8)30(23)24(50)17-29-45(6)18-25(51)40(44(4,5)28(45)13-16-46(29,47)7)65-42-38(59)35(56)32(53)26(19-49)63-42/h11,22-43,49-60H,10,12-20H2,1-9H3. The first-order valence-electron chi connectivity index (χ1n) is 24.3. The summed E-state index contributed by atoms with van der Waals surface area (Å²) < 4.78 is 36.6. The molecule has 4 saturated carbocycles. The lowest BCUT2D eigenvalue weighted by Gasteiger charge is -2.71. The van der Waals surface area contributed by atoms with Gasteiger partial charge in [-0.25, -0.2) is 0 Å². The van der Waals surface area contributed by atoms with Crippen molar-refractivity contribution in [2.75, 3.05) is 13.2 Å². The van der Waals surface area contributed by atoms with Crippen molar-refractivity contribution in [3.05, 3.63) is 11.6 Å². The lowest BCUT2D eigenvalue weighted by molar-refractivity contribution is -0.350. The van der Waals surface area contributed by atoms with E-state index in [1.54, 1.807) is 0 Å². The zero-order valence-electron chi connectivity index (χ0n) is 40.2. The topological polar surface area (TPSA) is 298 Å². The summed E-state index contributed by atoms with van der Waals surface area (Å²) in [5, 5.41) is 131. The number of fused-ring (bicyclic) bond motifs is 5. The molecule has 3 heterocycles. The summed E-state index contributed by atoms with van der Waals surface area (Å²) in [6.45, 7) is 17.4. The highest BCUT2D eigenvalue weighted by molar-refractivity contribution is 5.21. The number of ether oxygens (including phenoxy) is 6. The van der Waals surface area contributed by atoms with Crippen LogP contribution in [0.2, 0.25) is 0 Å². The molecule has 0 amide bonds. The third-order valence-electron chi connectivity index (χ3n) is 18.7. The molecule has 12 N–H and O–H groups in total. The summed E-state index contributed by atoms with van der Waals surface area (Å²) in [4.78, 5) is 0. The fourth-order valence-corrected chi connectivity index (χ4v) is 14.9. The predicted octanol–water partition coefficient (Wildman–Crippen LogP) is -0.0284. The Labute approximate surface area is 388 Å². The van der Waals surface area contributed by atoms with Crippen molar-refractivity contribution in [1.82, 2.24) is 0 Å². The van der Waals surface area contributed by atoms with Crippen molar-refractivity contribution < 1.29 is 89.7 Å². The van der Waals surface area contributed by atoms with E-state index in [-0.39, 0.29) is 29.1 Å². The van der Waals surface area contributed by atoms with E-state index < -0.39 is 145 Å². The second-order valence-corrected chi connectivity index (χ2v) is 23.1. The number of hydrogen-bond acceptors (Lipinski definition) is 18. The van der Waals surface area contributed by atoms with Gasteiger partial charge in [0.1, 0.15) is 67.1 Å². The number of aliphatic hydroxyl groups excluding tert-OH is 12. The van der Waals surface area contributed by atoms with Gasteiger partial charge in [0, 0.05) is 0 Å². The van der Waals surface area contributed by atoms with Crippen molar-refractivity contribution in [1.29, 1.82) is 0 Å². The molecule has 7 rings (SSSR count). The van der Waals surface area contributed by atoms with Crippen molar-refractivity contribution in [2.24, 2.45) is 45.3 Å². The van der Waals surface area contributed by atoms with Crippen LogP contribution in [0, 0.1) is 45.3 Å². The quantitative estimate of drug-likeness (QED) is 0.0904. The molecule has 0 aromatic carbocycles. The van der Waals surface area contributed by atoms with Gasteiger partial charge < -0.3 is 89.7 Å². The minimum absolute atomic E-state index is 0.000207. The van der Waals surface area contributed by atoms with Crippen LogP contribution >= 0.6 is 0 Å². The van der Waals surface area contributed by atoms with E-state index in [4.69, 9.17) is 28.4 Å². The maximum absolute atomic E-state index is 12.7. The Balaban J connectivity index is 1.12. The van der Waals surface area contributed by atoms with Gasteiger partial charge in [-0.1, -0.05) is 46.3 Å². The van der Waals surface area contributed by atoms with Crippen molar-refractivity contribution in [3.8, 4) is 0 Å². The Hall–Kier alpha value is -0.980. The molecule has 4 aliphatic carbocycles. The largest absolute Gasteiger partial charge is 0.394 e. The van der Waals surface area contributed by atoms with E-state index in [1.165, 1.54) is 6.92 Å². The fraction of sp³-hybridized carbons (Fsp3) is 0.958. The molecule has 0 bridgehead atoms. The van der Waals surface area contributed by atoms with Gasteiger partial charge in [0.15, 0.2) is 18.9 Å². The van der Waals surface area contributed by atoms with Crippen LogP contribution in [0.3, 0.4) is 0 Å². The van der Waals surface area contributed by atoms with Crippen molar-refractivity contribution >= 4 is 0 Å². The third-order valence-corrected chi connectivity index (χ3v) is 18.7. The van der Waals surface area contributed by atoms with Gasteiger partial charge >= 0.3 is 0 Å². The minimum atomic E-state index is -1.70. The number of rotatable bonds is 12. The van der Waals surface area contributed by atoms with Gasteiger partial charge in [-0.15, -0.1) is 0 Å². The lowest BCUT2D eigenvalue weighted by atomic mass is 9.35. The molecule has 66 heavy (non-hydrogen) atoms. The molecule has 0 aromatic rings. The van der Waals surface area contributed by atoms with Crippen LogP contribution in [0.4, 0.5) is 0 Å². The molecule has 3 aliphatic heterocycles. The molecule has 18 nitrogen and oxygen atoms in total. The molecule has 26 unspecified atom stereocenters. The summed E-state index contributed by atoms with van der Waals surface area (Å²) in [6, 6.07) is 0. The van der Waals surface area contributed by atoms with E-state index in [0.29, 0.717) is 32.1 Å². The molecular formula is C48H82O18. The summed E-state index contributed by atoms with van der Waals surface area (Å²) >= 11 is 0. The highest BCUT2D eigenvalue weighted by atomic mass is 16.7. The monoisotopic (exact) mass is 947 g/mol. The molecule has 7 fully saturated rings. The molecule has 7 aliphatic rings. The maximum atomic E-state index is 12.7. The van der Waals surface area contributed by atoms with E-state index in [1.807, 2.05) is 34.6 Å². The number of aliphatic hydroxyl groups is 12. The van der Waals surface area contributed by atoms with Gasteiger partial charge in [0.25, 0.3) is 0 Å². The Morgan fingerprint density at radius 3 is 1.88 bits per heavy atom. The van der Waals surface area contributed by atoms with Gasteiger partial charge in [-0.05, 0) is 124 Å². The molecule has 0 aromatic heterocycles. The van der Waals surface area contributed by atoms with Gasteiger partial charge in [-0.3, -0.25) is 0 Å². The van der Waals surface area contributed by atoms with Crippen molar-refractivity contribution in [2.45, 2.75) is 230 Å². The Bertz CT molecular complexity index is 1700. The smallest absolute Gasteiger partial charge is 0.187 e. The highest BCUT2D eigenvalue weighted by Crippen LogP contribution is 2.76.